The first-order valence-corrected chi connectivity index (χ1v) is 5.92. The molecule has 0 amide bonds. The Morgan fingerprint density at radius 2 is 2.11 bits per heavy atom. The molecule has 2 aromatic rings. The molecule has 1 aromatic carbocycles. The van der Waals surface area contributed by atoms with Crippen molar-refractivity contribution >= 4 is 16.7 Å². The normalized spacial score (nSPS) is 10.4. The number of aliphatic carboxylic acids is 1. The van der Waals surface area contributed by atoms with Gasteiger partial charge in [-0.05, 0) is 12.8 Å². The number of carbonyl (C=O) groups is 1. The van der Waals surface area contributed by atoms with Crippen LogP contribution in [0.4, 0.5) is 0 Å². The van der Waals surface area contributed by atoms with Gasteiger partial charge in [0.15, 0.2) is 0 Å². The Hall–Kier alpha value is -2.28. The lowest BCUT2D eigenvalue weighted by atomic mass is 10.2. The quantitative estimate of drug-likeness (QED) is 0.820. The summed E-state index contributed by atoms with van der Waals surface area (Å²) in [5.74, 6) is -0.770. The van der Waals surface area contributed by atoms with E-state index in [0.717, 1.165) is 17.2 Å². The van der Waals surface area contributed by atoms with Crippen LogP contribution >= 0.6 is 0 Å². The number of carboxylic acids is 1. The molecule has 0 saturated carbocycles. The van der Waals surface area contributed by atoms with Crippen LogP contribution in [0.25, 0.3) is 10.8 Å². The highest BCUT2D eigenvalue weighted by Gasteiger charge is 2.07. The molecular weight excluding hydrogens is 228 g/mol. The van der Waals surface area contributed by atoms with E-state index >= 15 is 0 Å². The molecule has 0 aliphatic rings. The molecule has 0 unspecified atom stereocenters. The molecule has 0 saturated heterocycles. The standard InChI is InChI=1S/C14H14N2O2/c15-9-13-12-6-2-1-5-11(12)10-16(13)8-4-3-7-14(17)18/h1-2,5-6,10H,3-4,7-8H2,(H,17,18). The lowest BCUT2D eigenvalue weighted by molar-refractivity contribution is -0.137. The summed E-state index contributed by atoms with van der Waals surface area (Å²) in [5.41, 5.74) is 0.654. The monoisotopic (exact) mass is 242 g/mol. The largest absolute Gasteiger partial charge is 0.481 e. The van der Waals surface area contributed by atoms with Crippen molar-refractivity contribution < 1.29 is 9.90 Å². The molecule has 0 radical (unpaired) electrons. The summed E-state index contributed by atoms with van der Waals surface area (Å²) in [6, 6.07) is 9.98. The Balaban J connectivity index is 2.13. The van der Waals surface area contributed by atoms with Gasteiger partial charge in [-0.25, -0.2) is 0 Å². The van der Waals surface area contributed by atoms with E-state index in [4.69, 9.17) is 5.11 Å². The number of benzene rings is 1. The summed E-state index contributed by atoms with van der Waals surface area (Å²) in [6.45, 7) is 0.685. The van der Waals surface area contributed by atoms with Crippen LogP contribution in [-0.2, 0) is 11.3 Å². The van der Waals surface area contributed by atoms with Crippen molar-refractivity contribution in [3.63, 3.8) is 0 Å². The number of nitriles is 1. The van der Waals surface area contributed by atoms with Gasteiger partial charge in [0.05, 0.1) is 0 Å². The fourth-order valence-corrected chi connectivity index (χ4v) is 2.07. The predicted molar refractivity (Wildman–Crippen MR) is 68.1 cm³/mol. The lowest BCUT2D eigenvalue weighted by Crippen LogP contribution is -2.01. The molecule has 4 nitrogen and oxygen atoms in total. The molecule has 0 fully saturated rings. The lowest BCUT2D eigenvalue weighted by Gasteiger charge is -2.03. The zero-order valence-electron chi connectivity index (χ0n) is 9.97. The van der Waals surface area contributed by atoms with Crippen molar-refractivity contribution in [1.82, 2.24) is 4.57 Å². The molecule has 92 valence electrons. The van der Waals surface area contributed by atoms with E-state index in [1.165, 1.54) is 0 Å². The van der Waals surface area contributed by atoms with E-state index in [2.05, 4.69) is 6.07 Å². The smallest absolute Gasteiger partial charge is 0.303 e. The Morgan fingerprint density at radius 1 is 1.33 bits per heavy atom. The number of fused-ring (bicyclic) bond motifs is 1. The van der Waals surface area contributed by atoms with Crippen molar-refractivity contribution in [3.8, 4) is 6.07 Å². The number of unbranched alkanes of at least 4 members (excludes halogenated alkanes) is 1. The fraction of sp³-hybridized carbons (Fsp3) is 0.286. The third-order valence-corrected chi connectivity index (χ3v) is 2.94. The first kappa shape index (κ1) is 12.2. The molecule has 18 heavy (non-hydrogen) atoms. The molecule has 4 heteroatoms. The summed E-state index contributed by atoms with van der Waals surface area (Å²) in [7, 11) is 0. The molecule has 1 aromatic heterocycles. The number of hydrogen-bond donors (Lipinski definition) is 1. The van der Waals surface area contributed by atoms with Crippen LogP contribution < -0.4 is 0 Å². The Kier molecular flexibility index (Phi) is 3.63. The number of carboxylic acid groups (broad SMARTS) is 1. The average Bonchev–Trinajstić information content (AvgIpc) is 2.71. The Morgan fingerprint density at radius 3 is 2.83 bits per heavy atom. The molecule has 1 N–H and O–H groups in total. The predicted octanol–water partition coefficient (Wildman–Crippen LogP) is 2.77. The van der Waals surface area contributed by atoms with Gasteiger partial charge in [-0.1, -0.05) is 24.3 Å². The van der Waals surface area contributed by atoms with Crippen LogP contribution in [0.2, 0.25) is 0 Å². The summed E-state index contributed by atoms with van der Waals surface area (Å²) < 4.78 is 1.91. The molecular formula is C14H14N2O2. The topological polar surface area (TPSA) is 66.0 Å². The van der Waals surface area contributed by atoms with E-state index < -0.39 is 5.97 Å². The third kappa shape index (κ3) is 2.51. The van der Waals surface area contributed by atoms with Crippen LogP contribution in [0.15, 0.2) is 30.5 Å². The van der Waals surface area contributed by atoms with Crippen molar-refractivity contribution in [2.24, 2.45) is 0 Å². The van der Waals surface area contributed by atoms with Crippen LogP contribution in [0.5, 0.6) is 0 Å². The molecule has 0 atom stereocenters. The Bertz CT molecular complexity index is 608. The zero-order chi connectivity index (χ0) is 13.0. The van der Waals surface area contributed by atoms with Gasteiger partial charge in [0.1, 0.15) is 11.8 Å². The van der Waals surface area contributed by atoms with Crippen molar-refractivity contribution in [3.05, 3.63) is 36.2 Å². The first-order valence-electron chi connectivity index (χ1n) is 5.92. The average molecular weight is 242 g/mol. The number of aromatic nitrogens is 1. The van der Waals surface area contributed by atoms with Crippen LogP contribution in [0, 0.1) is 11.3 Å². The van der Waals surface area contributed by atoms with Gasteiger partial charge in [-0.3, -0.25) is 4.79 Å². The second kappa shape index (κ2) is 5.37. The number of aryl methyl sites for hydroxylation is 1. The molecule has 2 rings (SSSR count). The van der Waals surface area contributed by atoms with Crippen molar-refractivity contribution in [2.45, 2.75) is 25.8 Å². The summed E-state index contributed by atoms with van der Waals surface area (Å²) in [4.78, 5) is 10.4. The van der Waals surface area contributed by atoms with Crippen LogP contribution in [0.1, 0.15) is 25.0 Å². The maximum absolute atomic E-state index is 10.4. The zero-order valence-corrected chi connectivity index (χ0v) is 9.97. The van der Waals surface area contributed by atoms with E-state index in [-0.39, 0.29) is 6.42 Å². The van der Waals surface area contributed by atoms with Gasteiger partial charge < -0.3 is 9.67 Å². The van der Waals surface area contributed by atoms with Crippen molar-refractivity contribution in [2.75, 3.05) is 0 Å². The second-order valence-electron chi connectivity index (χ2n) is 4.22. The summed E-state index contributed by atoms with van der Waals surface area (Å²) >= 11 is 0. The molecule has 0 aliphatic carbocycles. The van der Waals surface area contributed by atoms with Crippen molar-refractivity contribution in [1.29, 1.82) is 5.26 Å². The third-order valence-electron chi connectivity index (χ3n) is 2.94. The number of hydrogen-bond acceptors (Lipinski definition) is 2. The fourth-order valence-electron chi connectivity index (χ4n) is 2.07. The molecule has 0 bridgehead atoms. The highest BCUT2D eigenvalue weighted by atomic mass is 16.4. The highest BCUT2D eigenvalue weighted by Crippen LogP contribution is 2.20. The number of nitrogens with zero attached hydrogens (tertiary/aromatic N) is 2. The maximum atomic E-state index is 10.4. The van der Waals surface area contributed by atoms with E-state index in [0.29, 0.717) is 18.7 Å². The maximum Gasteiger partial charge on any atom is 0.303 e. The van der Waals surface area contributed by atoms with Crippen LogP contribution in [-0.4, -0.2) is 15.6 Å². The molecule has 0 spiro atoms. The summed E-state index contributed by atoms with van der Waals surface area (Å²) in [6.07, 6.45) is 3.54. The minimum atomic E-state index is -0.770. The van der Waals surface area contributed by atoms with Gasteiger partial charge >= 0.3 is 5.97 Å². The minimum absolute atomic E-state index is 0.183. The van der Waals surface area contributed by atoms with E-state index in [1.807, 2.05) is 35.0 Å². The van der Waals surface area contributed by atoms with Gasteiger partial charge in [0.2, 0.25) is 0 Å². The van der Waals surface area contributed by atoms with E-state index in [1.54, 1.807) is 0 Å². The van der Waals surface area contributed by atoms with Crippen LogP contribution in [0.3, 0.4) is 0 Å². The SMILES string of the molecule is N#Cc1c2ccccc2cn1CCCCC(=O)O. The van der Waals surface area contributed by atoms with Gasteiger partial charge in [-0.2, -0.15) is 5.26 Å². The molecule has 0 aliphatic heterocycles. The van der Waals surface area contributed by atoms with Gasteiger partial charge in [0, 0.05) is 29.9 Å². The molecule has 1 heterocycles. The minimum Gasteiger partial charge on any atom is -0.481 e. The first-order chi connectivity index (χ1) is 8.72. The van der Waals surface area contributed by atoms with Gasteiger partial charge in [-0.15, -0.1) is 0 Å². The van der Waals surface area contributed by atoms with Gasteiger partial charge in [0.25, 0.3) is 0 Å². The Labute approximate surface area is 105 Å². The number of rotatable bonds is 5. The summed E-state index contributed by atoms with van der Waals surface area (Å²) in [5, 5.41) is 19.8. The second-order valence-corrected chi connectivity index (χ2v) is 4.22. The highest BCUT2D eigenvalue weighted by molar-refractivity contribution is 5.87. The van der Waals surface area contributed by atoms with E-state index in [9.17, 15) is 10.1 Å².